The largest absolute Gasteiger partial charge is 0.391 e. The molecule has 3 N–H and O–H groups in total. The molecule has 166 valence electrons. The van der Waals surface area contributed by atoms with E-state index in [0.29, 0.717) is 24.9 Å². The molecule has 1 unspecified atom stereocenters. The van der Waals surface area contributed by atoms with Crippen LogP contribution in [0.1, 0.15) is 54.0 Å². The van der Waals surface area contributed by atoms with Crippen LogP contribution in [0.25, 0.3) is 11.2 Å². The van der Waals surface area contributed by atoms with E-state index >= 15 is 0 Å². The normalized spacial score (nSPS) is 11.2. The summed E-state index contributed by atoms with van der Waals surface area (Å²) in [5.74, 6) is 1.35. The molecule has 2 aromatic heterocycles. The summed E-state index contributed by atoms with van der Waals surface area (Å²) in [6.45, 7) is 15.8. The van der Waals surface area contributed by atoms with Crippen molar-refractivity contribution in [3.05, 3.63) is 42.2 Å². The van der Waals surface area contributed by atoms with Gasteiger partial charge in [0.2, 0.25) is 5.95 Å². The van der Waals surface area contributed by atoms with Crippen LogP contribution in [-0.4, -0.2) is 37.3 Å². The average Bonchev–Trinajstić information content (AvgIpc) is 3.22. The van der Waals surface area contributed by atoms with Gasteiger partial charge in [-0.05, 0) is 18.4 Å². The summed E-state index contributed by atoms with van der Waals surface area (Å²) in [4.78, 5) is 13.6. The van der Waals surface area contributed by atoms with Crippen LogP contribution in [0.5, 0.6) is 0 Å². The van der Waals surface area contributed by atoms with Crippen LogP contribution in [0, 0.1) is 5.92 Å². The van der Waals surface area contributed by atoms with E-state index < -0.39 is 6.10 Å². The Morgan fingerprint density at radius 3 is 2.27 bits per heavy atom. The summed E-state index contributed by atoms with van der Waals surface area (Å²) >= 11 is 0. The molecule has 0 aliphatic carbocycles. The summed E-state index contributed by atoms with van der Waals surface area (Å²) in [6.07, 6.45) is 1.32. The Hall–Kier alpha value is -2.67. The van der Waals surface area contributed by atoms with Crippen molar-refractivity contribution < 1.29 is 5.11 Å². The van der Waals surface area contributed by atoms with Gasteiger partial charge in [0, 0.05) is 19.6 Å². The molecular formula is C23H38N6O. The number of benzene rings is 1. The third kappa shape index (κ3) is 6.99. The van der Waals surface area contributed by atoms with Gasteiger partial charge in [-0.15, -0.1) is 0 Å². The topological polar surface area (TPSA) is 87.9 Å². The average molecular weight is 415 g/mol. The van der Waals surface area contributed by atoms with Crippen LogP contribution in [0.15, 0.2) is 36.7 Å². The maximum Gasteiger partial charge on any atom is 0.226 e. The van der Waals surface area contributed by atoms with Crippen molar-refractivity contribution in [2.75, 3.05) is 17.2 Å². The molecule has 0 saturated carbocycles. The first-order valence-corrected chi connectivity index (χ1v) is 11.0. The molecule has 0 saturated heterocycles. The summed E-state index contributed by atoms with van der Waals surface area (Å²) < 4.78 is 1.98. The van der Waals surface area contributed by atoms with Gasteiger partial charge in [-0.25, -0.2) is 4.98 Å². The highest BCUT2D eigenvalue weighted by molar-refractivity contribution is 5.84. The number of aryl methyl sites for hydroxylation is 1. The molecule has 0 fully saturated rings. The van der Waals surface area contributed by atoms with Crippen molar-refractivity contribution in [1.82, 2.24) is 19.5 Å². The highest BCUT2D eigenvalue weighted by atomic mass is 16.3. The van der Waals surface area contributed by atoms with Gasteiger partial charge in [0.1, 0.15) is 0 Å². The molecule has 1 aromatic carbocycles. The van der Waals surface area contributed by atoms with E-state index in [9.17, 15) is 5.11 Å². The van der Waals surface area contributed by atoms with Gasteiger partial charge in [-0.3, -0.25) is 0 Å². The standard InChI is InChI=1S/C19H26N6O.2C2H6/c1-4-25-12-22-16-17(20-10-14-8-6-5-7-9-14)23-19(24-18(16)25)21-11-15(26)13(2)3;2*1-2/h5-9,12-13,15,26H,4,10-11H2,1-3H3,(H2,20,21,23,24);2*1-2H3. The van der Waals surface area contributed by atoms with Gasteiger partial charge in [-0.1, -0.05) is 71.9 Å². The van der Waals surface area contributed by atoms with Gasteiger partial charge in [0.05, 0.1) is 12.4 Å². The van der Waals surface area contributed by atoms with Crippen LogP contribution in [0.4, 0.5) is 11.8 Å². The molecule has 2 heterocycles. The summed E-state index contributed by atoms with van der Waals surface area (Å²) in [5.41, 5.74) is 2.69. The molecular weight excluding hydrogens is 376 g/mol. The van der Waals surface area contributed by atoms with E-state index in [-0.39, 0.29) is 5.92 Å². The minimum absolute atomic E-state index is 0.170. The number of aromatic nitrogens is 4. The first-order valence-electron chi connectivity index (χ1n) is 11.0. The molecule has 7 nitrogen and oxygen atoms in total. The predicted octanol–water partition coefficient (Wildman–Crippen LogP) is 4.94. The van der Waals surface area contributed by atoms with Crippen molar-refractivity contribution in [3.63, 3.8) is 0 Å². The zero-order valence-electron chi connectivity index (χ0n) is 19.5. The van der Waals surface area contributed by atoms with Crippen LogP contribution >= 0.6 is 0 Å². The lowest BCUT2D eigenvalue weighted by Crippen LogP contribution is -2.25. The lowest BCUT2D eigenvalue weighted by atomic mass is 10.1. The zero-order chi connectivity index (χ0) is 22.5. The third-order valence-electron chi connectivity index (χ3n) is 4.35. The molecule has 0 bridgehead atoms. The van der Waals surface area contributed by atoms with Gasteiger partial charge in [0.15, 0.2) is 17.0 Å². The molecule has 7 heteroatoms. The summed E-state index contributed by atoms with van der Waals surface area (Å²) in [7, 11) is 0. The number of imidazole rings is 1. The summed E-state index contributed by atoms with van der Waals surface area (Å²) in [5, 5.41) is 16.5. The van der Waals surface area contributed by atoms with Crippen molar-refractivity contribution >= 4 is 22.9 Å². The van der Waals surface area contributed by atoms with E-state index in [1.165, 1.54) is 5.56 Å². The van der Waals surface area contributed by atoms with Crippen LogP contribution in [0.3, 0.4) is 0 Å². The van der Waals surface area contributed by atoms with E-state index in [1.54, 1.807) is 6.33 Å². The van der Waals surface area contributed by atoms with E-state index in [1.807, 2.05) is 64.3 Å². The van der Waals surface area contributed by atoms with Crippen LogP contribution in [-0.2, 0) is 13.1 Å². The minimum atomic E-state index is -0.453. The Morgan fingerprint density at radius 2 is 1.67 bits per heavy atom. The Balaban J connectivity index is 0.00000106. The van der Waals surface area contributed by atoms with Crippen molar-refractivity contribution in [1.29, 1.82) is 0 Å². The molecule has 30 heavy (non-hydrogen) atoms. The first kappa shape index (κ1) is 25.4. The second-order valence-electron chi connectivity index (χ2n) is 6.63. The molecule has 3 aromatic rings. The molecule has 0 aliphatic heterocycles. The van der Waals surface area contributed by atoms with E-state index in [0.717, 1.165) is 17.7 Å². The smallest absolute Gasteiger partial charge is 0.226 e. The van der Waals surface area contributed by atoms with Gasteiger partial charge >= 0.3 is 0 Å². The molecule has 0 radical (unpaired) electrons. The van der Waals surface area contributed by atoms with Gasteiger partial charge in [0.25, 0.3) is 0 Å². The number of rotatable bonds is 8. The monoisotopic (exact) mass is 414 g/mol. The molecule has 0 amide bonds. The maximum atomic E-state index is 10.0. The Labute approximate surface area is 181 Å². The second kappa shape index (κ2) is 13.5. The minimum Gasteiger partial charge on any atom is -0.391 e. The number of fused-ring (bicyclic) bond motifs is 1. The number of nitrogens with zero attached hydrogens (tertiary/aromatic N) is 4. The number of hydrogen-bond acceptors (Lipinski definition) is 6. The fraction of sp³-hybridized carbons (Fsp3) is 0.522. The first-order chi connectivity index (χ1) is 14.6. The lowest BCUT2D eigenvalue weighted by Gasteiger charge is -2.16. The maximum absolute atomic E-state index is 10.0. The fourth-order valence-corrected chi connectivity index (χ4v) is 2.59. The van der Waals surface area contributed by atoms with Crippen LogP contribution < -0.4 is 10.6 Å². The summed E-state index contributed by atoms with van der Waals surface area (Å²) in [6, 6.07) is 10.1. The Bertz CT molecular complexity index is 848. The van der Waals surface area contributed by atoms with E-state index in [2.05, 4.69) is 44.6 Å². The number of nitrogens with one attached hydrogen (secondary N) is 2. The van der Waals surface area contributed by atoms with Crippen molar-refractivity contribution in [2.45, 2.75) is 67.7 Å². The number of hydrogen-bond donors (Lipinski definition) is 3. The Kier molecular flexibility index (Phi) is 11.4. The SMILES string of the molecule is CC.CC.CCn1cnc2c(NCc3ccccc3)nc(NCC(O)C(C)C)nc21. The fourth-order valence-electron chi connectivity index (χ4n) is 2.59. The van der Waals surface area contributed by atoms with Gasteiger partial charge in [-0.2, -0.15) is 9.97 Å². The third-order valence-corrected chi connectivity index (χ3v) is 4.35. The molecule has 1 atom stereocenters. The van der Waals surface area contributed by atoms with Crippen molar-refractivity contribution in [3.8, 4) is 0 Å². The Morgan fingerprint density at radius 1 is 1.00 bits per heavy atom. The lowest BCUT2D eigenvalue weighted by molar-refractivity contribution is 0.137. The number of anilines is 2. The van der Waals surface area contributed by atoms with Gasteiger partial charge < -0.3 is 20.3 Å². The number of aliphatic hydroxyl groups excluding tert-OH is 1. The van der Waals surface area contributed by atoms with E-state index in [4.69, 9.17) is 0 Å². The quantitative estimate of drug-likeness (QED) is 0.484. The van der Waals surface area contributed by atoms with Crippen molar-refractivity contribution in [2.24, 2.45) is 5.92 Å². The second-order valence-corrected chi connectivity index (χ2v) is 6.63. The molecule has 3 rings (SSSR count). The number of aliphatic hydroxyl groups is 1. The highest BCUT2D eigenvalue weighted by Crippen LogP contribution is 2.21. The molecule has 0 spiro atoms. The predicted molar refractivity (Wildman–Crippen MR) is 127 cm³/mol. The zero-order valence-corrected chi connectivity index (χ0v) is 19.5. The highest BCUT2D eigenvalue weighted by Gasteiger charge is 2.14. The van der Waals surface area contributed by atoms with Crippen LogP contribution in [0.2, 0.25) is 0 Å². The molecule has 0 aliphatic rings.